The maximum atomic E-state index is 6.07. The van der Waals surface area contributed by atoms with Gasteiger partial charge in [0, 0.05) is 32.7 Å². The summed E-state index contributed by atoms with van der Waals surface area (Å²) in [5.74, 6) is 2.25. The van der Waals surface area contributed by atoms with Gasteiger partial charge in [0.2, 0.25) is 0 Å². The largest absolute Gasteiger partial charge is 0.496 e. The van der Waals surface area contributed by atoms with Crippen LogP contribution < -0.4 is 15.4 Å². The number of methoxy groups -OCH3 is 1. The third-order valence-electron chi connectivity index (χ3n) is 4.97. The number of hydrogen-bond acceptors (Lipinski definition) is 3. The SMILES string of the molecule is CN=C(NCc1ccc(OC)c(C)c1)NCC1CCCOC1C(C)(C)C. The molecule has 146 valence electrons. The number of aryl methyl sites for hydroxylation is 1. The quantitative estimate of drug-likeness (QED) is 0.622. The molecule has 0 radical (unpaired) electrons. The molecule has 0 saturated carbocycles. The molecular weight excluding hydrogens is 326 g/mol. The van der Waals surface area contributed by atoms with Crippen LogP contribution in [0.4, 0.5) is 0 Å². The van der Waals surface area contributed by atoms with E-state index < -0.39 is 0 Å². The van der Waals surface area contributed by atoms with Crippen LogP contribution in [0.5, 0.6) is 5.75 Å². The van der Waals surface area contributed by atoms with E-state index >= 15 is 0 Å². The molecular formula is C21H35N3O2. The summed E-state index contributed by atoms with van der Waals surface area (Å²) in [7, 11) is 3.51. The first-order valence-corrected chi connectivity index (χ1v) is 9.54. The lowest BCUT2D eigenvalue weighted by Crippen LogP contribution is -2.47. The zero-order valence-electron chi connectivity index (χ0n) is 17.2. The molecule has 1 aromatic rings. The predicted molar refractivity (Wildman–Crippen MR) is 108 cm³/mol. The molecule has 1 aliphatic heterocycles. The van der Waals surface area contributed by atoms with Crippen LogP contribution in [0.2, 0.25) is 0 Å². The van der Waals surface area contributed by atoms with Crippen LogP contribution in [0.15, 0.2) is 23.2 Å². The average Bonchev–Trinajstić information content (AvgIpc) is 2.61. The molecule has 2 N–H and O–H groups in total. The van der Waals surface area contributed by atoms with Crippen LogP contribution in [0.25, 0.3) is 0 Å². The van der Waals surface area contributed by atoms with E-state index in [-0.39, 0.29) is 11.5 Å². The molecule has 0 aromatic heterocycles. The fraction of sp³-hybridized carbons (Fsp3) is 0.667. The van der Waals surface area contributed by atoms with Crippen molar-refractivity contribution < 1.29 is 9.47 Å². The Kier molecular flexibility index (Phi) is 7.33. The number of hydrogen-bond donors (Lipinski definition) is 2. The van der Waals surface area contributed by atoms with Crippen molar-refractivity contribution in [2.45, 2.75) is 53.2 Å². The van der Waals surface area contributed by atoms with E-state index in [0.717, 1.165) is 43.4 Å². The summed E-state index contributed by atoms with van der Waals surface area (Å²) in [6, 6.07) is 6.23. The minimum atomic E-state index is 0.157. The van der Waals surface area contributed by atoms with Crippen molar-refractivity contribution in [3.63, 3.8) is 0 Å². The molecule has 1 heterocycles. The van der Waals surface area contributed by atoms with Gasteiger partial charge in [-0.25, -0.2) is 0 Å². The smallest absolute Gasteiger partial charge is 0.191 e. The molecule has 5 heteroatoms. The van der Waals surface area contributed by atoms with Crippen molar-refractivity contribution in [1.29, 1.82) is 0 Å². The fourth-order valence-corrected chi connectivity index (χ4v) is 3.69. The molecule has 26 heavy (non-hydrogen) atoms. The Morgan fingerprint density at radius 1 is 1.31 bits per heavy atom. The van der Waals surface area contributed by atoms with Crippen LogP contribution in [0, 0.1) is 18.3 Å². The fourth-order valence-electron chi connectivity index (χ4n) is 3.69. The van der Waals surface area contributed by atoms with Gasteiger partial charge in [-0.05, 0) is 42.4 Å². The average molecular weight is 362 g/mol. The highest BCUT2D eigenvalue weighted by atomic mass is 16.5. The Bertz CT molecular complexity index is 608. The zero-order valence-corrected chi connectivity index (χ0v) is 17.2. The van der Waals surface area contributed by atoms with E-state index in [9.17, 15) is 0 Å². The van der Waals surface area contributed by atoms with Crippen LogP contribution in [-0.2, 0) is 11.3 Å². The number of guanidine groups is 1. The third-order valence-corrected chi connectivity index (χ3v) is 4.97. The van der Waals surface area contributed by atoms with Crippen molar-refractivity contribution >= 4 is 5.96 Å². The second kappa shape index (κ2) is 9.26. The minimum absolute atomic E-state index is 0.157. The van der Waals surface area contributed by atoms with Gasteiger partial charge in [0.1, 0.15) is 5.75 Å². The summed E-state index contributed by atoms with van der Waals surface area (Å²) in [4.78, 5) is 4.36. The second-order valence-electron chi connectivity index (χ2n) is 8.17. The molecule has 5 nitrogen and oxygen atoms in total. The van der Waals surface area contributed by atoms with Gasteiger partial charge in [-0.2, -0.15) is 0 Å². The maximum absolute atomic E-state index is 6.07. The molecule has 1 saturated heterocycles. The first-order chi connectivity index (χ1) is 12.3. The maximum Gasteiger partial charge on any atom is 0.191 e. The van der Waals surface area contributed by atoms with Crippen LogP contribution in [-0.4, -0.2) is 39.4 Å². The van der Waals surface area contributed by atoms with Crippen molar-refractivity contribution in [2.75, 3.05) is 27.3 Å². The van der Waals surface area contributed by atoms with Gasteiger partial charge in [0.15, 0.2) is 5.96 Å². The van der Waals surface area contributed by atoms with E-state index in [0.29, 0.717) is 5.92 Å². The number of rotatable bonds is 5. The molecule has 0 aliphatic carbocycles. The summed E-state index contributed by atoms with van der Waals surface area (Å²) >= 11 is 0. The number of ether oxygens (including phenoxy) is 2. The Morgan fingerprint density at radius 2 is 2.08 bits per heavy atom. The lowest BCUT2D eigenvalue weighted by Gasteiger charge is -2.40. The Balaban J connectivity index is 1.88. The lowest BCUT2D eigenvalue weighted by atomic mass is 9.78. The highest BCUT2D eigenvalue weighted by Crippen LogP contribution is 2.33. The van der Waals surface area contributed by atoms with Crippen molar-refractivity contribution in [2.24, 2.45) is 16.3 Å². The van der Waals surface area contributed by atoms with Crippen molar-refractivity contribution in [3.05, 3.63) is 29.3 Å². The topological polar surface area (TPSA) is 54.9 Å². The Hall–Kier alpha value is -1.75. The summed E-state index contributed by atoms with van der Waals surface area (Å²) < 4.78 is 11.4. The van der Waals surface area contributed by atoms with E-state index in [4.69, 9.17) is 9.47 Å². The van der Waals surface area contributed by atoms with Gasteiger partial charge in [-0.15, -0.1) is 0 Å². The monoisotopic (exact) mass is 361 g/mol. The van der Waals surface area contributed by atoms with Crippen molar-refractivity contribution in [1.82, 2.24) is 10.6 Å². The molecule has 0 spiro atoms. The highest BCUT2D eigenvalue weighted by Gasteiger charge is 2.35. The molecule has 2 unspecified atom stereocenters. The molecule has 1 aromatic carbocycles. The predicted octanol–water partition coefficient (Wildman–Crippen LogP) is 3.51. The Labute approximate surface area is 158 Å². The zero-order chi connectivity index (χ0) is 19.2. The van der Waals surface area contributed by atoms with Gasteiger partial charge in [-0.3, -0.25) is 4.99 Å². The number of benzene rings is 1. The molecule has 1 fully saturated rings. The first-order valence-electron chi connectivity index (χ1n) is 9.54. The molecule has 0 amide bonds. The number of nitrogens with zero attached hydrogens (tertiary/aromatic N) is 1. The van der Waals surface area contributed by atoms with Crippen LogP contribution in [0.3, 0.4) is 0 Å². The third kappa shape index (κ3) is 5.63. The second-order valence-corrected chi connectivity index (χ2v) is 8.17. The first kappa shape index (κ1) is 20.6. The number of nitrogens with one attached hydrogen (secondary N) is 2. The summed E-state index contributed by atoms with van der Waals surface area (Å²) in [6.45, 7) is 11.3. The van der Waals surface area contributed by atoms with Crippen LogP contribution >= 0.6 is 0 Å². The molecule has 1 aliphatic rings. The summed E-state index contributed by atoms with van der Waals surface area (Å²) in [6.07, 6.45) is 2.62. The number of aliphatic imine (C=N–C) groups is 1. The van der Waals surface area contributed by atoms with E-state index in [1.807, 2.05) is 13.1 Å². The Morgan fingerprint density at radius 3 is 2.69 bits per heavy atom. The van der Waals surface area contributed by atoms with Crippen molar-refractivity contribution in [3.8, 4) is 5.75 Å². The summed E-state index contributed by atoms with van der Waals surface area (Å²) in [5, 5.41) is 6.88. The van der Waals surface area contributed by atoms with Gasteiger partial charge < -0.3 is 20.1 Å². The van der Waals surface area contributed by atoms with E-state index in [1.54, 1.807) is 7.11 Å². The lowest BCUT2D eigenvalue weighted by molar-refractivity contribution is -0.0835. The van der Waals surface area contributed by atoms with E-state index in [1.165, 1.54) is 12.0 Å². The highest BCUT2D eigenvalue weighted by molar-refractivity contribution is 5.79. The molecule has 2 atom stereocenters. The molecule has 2 rings (SSSR count). The van der Waals surface area contributed by atoms with Gasteiger partial charge >= 0.3 is 0 Å². The van der Waals surface area contributed by atoms with E-state index in [2.05, 4.69) is 55.5 Å². The van der Waals surface area contributed by atoms with Crippen LogP contribution in [0.1, 0.15) is 44.7 Å². The standard InChI is InChI=1S/C21H35N3O2/c1-15-12-16(9-10-18(15)25-6)13-23-20(22-5)24-14-17-8-7-11-26-19(17)21(2,3)4/h9-10,12,17,19H,7-8,11,13-14H2,1-6H3,(H2,22,23,24). The normalized spacial score (nSPS) is 21.4. The molecule has 0 bridgehead atoms. The minimum Gasteiger partial charge on any atom is -0.496 e. The van der Waals surface area contributed by atoms with Gasteiger partial charge in [0.25, 0.3) is 0 Å². The summed E-state index contributed by atoms with van der Waals surface area (Å²) in [5.41, 5.74) is 2.51. The van der Waals surface area contributed by atoms with Gasteiger partial charge in [0.05, 0.1) is 13.2 Å². The van der Waals surface area contributed by atoms with Gasteiger partial charge in [-0.1, -0.05) is 32.9 Å².